The van der Waals surface area contributed by atoms with Crippen LogP contribution < -0.4 is 10.6 Å². The van der Waals surface area contributed by atoms with Gasteiger partial charge in [-0.25, -0.2) is 0 Å². The van der Waals surface area contributed by atoms with Crippen LogP contribution in [0.3, 0.4) is 0 Å². The smallest absolute Gasteiger partial charge is 0.251 e. The van der Waals surface area contributed by atoms with E-state index in [0.29, 0.717) is 12.1 Å². The van der Waals surface area contributed by atoms with Gasteiger partial charge in [0.15, 0.2) is 0 Å². The molecule has 5 nitrogen and oxygen atoms in total. The molecule has 1 atom stereocenters. The molecule has 1 unspecified atom stereocenters. The van der Waals surface area contributed by atoms with Crippen LogP contribution in [0, 0.1) is 12.8 Å². The molecule has 1 rings (SSSR count). The number of hydrogen-bond acceptors (Lipinski definition) is 3. The molecule has 2 amide bonds. The molecule has 1 aromatic carbocycles. The summed E-state index contributed by atoms with van der Waals surface area (Å²) >= 11 is 0. The zero-order chi connectivity index (χ0) is 15.7. The molecule has 0 aliphatic rings. The lowest BCUT2D eigenvalue weighted by Crippen LogP contribution is -2.37. The minimum absolute atomic E-state index is 0.0255. The van der Waals surface area contributed by atoms with E-state index < -0.39 is 0 Å². The summed E-state index contributed by atoms with van der Waals surface area (Å²) in [6, 6.07) is 7.23. The maximum atomic E-state index is 11.8. The van der Waals surface area contributed by atoms with Gasteiger partial charge in [0.2, 0.25) is 5.91 Å². The molecular formula is C16H24N2O3. The SMILES string of the molecule is Cc1cccc(C(=O)NCC(=O)NCCCC(C)CO)c1. The number of carbonyl (C=O) groups excluding carboxylic acids is 2. The lowest BCUT2D eigenvalue weighted by Gasteiger charge is -2.09. The van der Waals surface area contributed by atoms with Crippen molar-refractivity contribution in [2.75, 3.05) is 19.7 Å². The van der Waals surface area contributed by atoms with Crippen LogP contribution in [0.25, 0.3) is 0 Å². The number of aryl methyl sites for hydroxylation is 1. The van der Waals surface area contributed by atoms with Crippen molar-refractivity contribution in [1.29, 1.82) is 0 Å². The van der Waals surface area contributed by atoms with Gasteiger partial charge in [0, 0.05) is 18.7 Å². The quantitative estimate of drug-likeness (QED) is 0.631. The summed E-state index contributed by atoms with van der Waals surface area (Å²) in [6.45, 7) is 4.58. The molecule has 0 saturated carbocycles. The Morgan fingerprint density at radius 2 is 2.05 bits per heavy atom. The Labute approximate surface area is 125 Å². The zero-order valence-corrected chi connectivity index (χ0v) is 12.7. The third kappa shape index (κ3) is 6.90. The standard InChI is InChI=1S/C16H24N2O3/c1-12-5-3-7-14(9-12)16(21)18-10-15(20)17-8-4-6-13(2)11-19/h3,5,7,9,13,19H,4,6,8,10-11H2,1-2H3,(H,17,20)(H,18,21). The highest BCUT2D eigenvalue weighted by atomic mass is 16.3. The minimum Gasteiger partial charge on any atom is -0.396 e. The van der Waals surface area contributed by atoms with Crippen molar-refractivity contribution in [3.8, 4) is 0 Å². The molecule has 0 saturated heterocycles. The van der Waals surface area contributed by atoms with Gasteiger partial charge in [-0.05, 0) is 37.8 Å². The normalized spacial score (nSPS) is 11.8. The van der Waals surface area contributed by atoms with Gasteiger partial charge in [0.25, 0.3) is 5.91 Å². The minimum atomic E-state index is -0.247. The molecule has 0 bridgehead atoms. The summed E-state index contributed by atoms with van der Waals surface area (Å²) in [4.78, 5) is 23.4. The van der Waals surface area contributed by atoms with E-state index in [1.165, 1.54) is 0 Å². The first kappa shape index (κ1) is 17.2. The van der Waals surface area contributed by atoms with Gasteiger partial charge in [-0.15, -0.1) is 0 Å². The van der Waals surface area contributed by atoms with Crippen LogP contribution in [-0.2, 0) is 4.79 Å². The van der Waals surface area contributed by atoms with Crippen LogP contribution in [-0.4, -0.2) is 36.6 Å². The Hall–Kier alpha value is -1.88. The highest BCUT2D eigenvalue weighted by Gasteiger charge is 2.08. The summed E-state index contributed by atoms with van der Waals surface area (Å²) in [6.07, 6.45) is 1.69. The van der Waals surface area contributed by atoms with E-state index >= 15 is 0 Å². The lowest BCUT2D eigenvalue weighted by molar-refractivity contribution is -0.120. The zero-order valence-electron chi connectivity index (χ0n) is 12.7. The third-order valence-electron chi connectivity index (χ3n) is 3.20. The van der Waals surface area contributed by atoms with Crippen molar-refractivity contribution in [2.24, 2.45) is 5.92 Å². The van der Waals surface area contributed by atoms with Crippen molar-refractivity contribution in [2.45, 2.75) is 26.7 Å². The van der Waals surface area contributed by atoms with E-state index in [4.69, 9.17) is 5.11 Å². The maximum Gasteiger partial charge on any atom is 0.251 e. The fourth-order valence-electron chi connectivity index (χ4n) is 1.88. The predicted octanol–water partition coefficient (Wildman–Crippen LogP) is 1.25. The van der Waals surface area contributed by atoms with Gasteiger partial charge >= 0.3 is 0 Å². The number of carbonyl (C=O) groups is 2. The number of benzene rings is 1. The van der Waals surface area contributed by atoms with Gasteiger partial charge in [0.1, 0.15) is 0 Å². The summed E-state index contributed by atoms with van der Waals surface area (Å²) in [5, 5.41) is 14.2. The Balaban J connectivity index is 2.22. The first-order chi connectivity index (χ1) is 10.0. The van der Waals surface area contributed by atoms with Crippen molar-refractivity contribution >= 4 is 11.8 Å². The summed E-state index contributed by atoms with van der Waals surface area (Å²) < 4.78 is 0. The van der Waals surface area contributed by atoms with Gasteiger partial charge in [-0.2, -0.15) is 0 Å². The largest absolute Gasteiger partial charge is 0.396 e. The Bertz CT molecular complexity index is 474. The Morgan fingerprint density at radius 1 is 1.29 bits per heavy atom. The van der Waals surface area contributed by atoms with Crippen molar-refractivity contribution < 1.29 is 14.7 Å². The second kappa shape index (κ2) is 9.13. The molecule has 0 spiro atoms. The highest BCUT2D eigenvalue weighted by molar-refractivity contribution is 5.96. The molecule has 116 valence electrons. The van der Waals surface area contributed by atoms with Crippen LogP contribution in [0.1, 0.15) is 35.7 Å². The second-order valence-electron chi connectivity index (χ2n) is 5.33. The van der Waals surface area contributed by atoms with E-state index in [0.717, 1.165) is 18.4 Å². The number of rotatable bonds is 8. The van der Waals surface area contributed by atoms with Gasteiger partial charge < -0.3 is 15.7 Å². The van der Waals surface area contributed by atoms with E-state index in [1.807, 2.05) is 26.0 Å². The second-order valence-corrected chi connectivity index (χ2v) is 5.33. The van der Waals surface area contributed by atoms with E-state index in [-0.39, 0.29) is 30.9 Å². The fraction of sp³-hybridized carbons (Fsp3) is 0.500. The van der Waals surface area contributed by atoms with Gasteiger partial charge in [0.05, 0.1) is 6.54 Å². The van der Waals surface area contributed by atoms with Gasteiger partial charge in [-0.1, -0.05) is 24.6 Å². The number of amides is 2. The molecule has 21 heavy (non-hydrogen) atoms. The molecule has 0 aliphatic carbocycles. The molecule has 0 aromatic heterocycles. The molecular weight excluding hydrogens is 268 g/mol. The average molecular weight is 292 g/mol. The highest BCUT2D eigenvalue weighted by Crippen LogP contribution is 2.03. The molecule has 0 radical (unpaired) electrons. The predicted molar refractivity (Wildman–Crippen MR) is 82.0 cm³/mol. The Morgan fingerprint density at radius 3 is 2.71 bits per heavy atom. The van der Waals surface area contributed by atoms with Crippen LogP contribution >= 0.6 is 0 Å². The van der Waals surface area contributed by atoms with Crippen LogP contribution in [0.2, 0.25) is 0 Å². The maximum absolute atomic E-state index is 11.8. The Kier molecular flexibility index (Phi) is 7.46. The summed E-state index contributed by atoms with van der Waals surface area (Å²) in [7, 11) is 0. The number of hydrogen-bond donors (Lipinski definition) is 3. The van der Waals surface area contributed by atoms with Crippen molar-refractivity contribution in [1.82, 2.24) is 10.6 Å². The number of aliphatic hydroxyl groups is 1. The van der Waals surface area contributed by atoms with E-state index in [9.17, 15) is 9.59 Å². The topological polar surface area (TPSA) is 78.4 Å². The summed E-state index contributed by atoms with van der Waals surface area (Å²) in [5.74, 6) is -0.196. The fourth-order valence-corrected chi connectivity index (χ4v) is 1.88. The van der Waals surface area contributed by atoms with Crippen molar-refractivity contribution in [3.63, 3.8) is 0 Å². The first-order valence-corrected chi connectivity index (χ1v) is 7.25. The third-order valence-corrected chi connectivity index (χ3v) is 3.20. The lowest BCUT2D eigenvalue weighted by atomic mass is 10.1. The van der Waals surface area contributed by atoms with Crippen LogP contribution in [0.4, 0.5) is 0 Å². The number of nitrogens with one attached hydrogen (secondary N) is 2. The van der Waals surface area contributed by atoms with E-state index in [1.54, 1.807) is 12.1 Å². The first-order valence-electron chi connectivity index (χ1n) is 7.25. The van der Waals surface area contributed by atoms with Crippen LogP contribution in [0.5, 0.6) is 0 Å². The molecule has 0 aliphatic heterocycles. The monoisotopic (exact) mass is 292 g/mol. The molecule has 3 N–H and O–H groups in total. The average Bonchev–Trinajstić information content (AvgIpc) is 2.48. The summed E-state index contributed by atoms with van der Waals surface area (Å²) in [5.41, 5.74) is 1.56. The molecule has 0 heterocycles. The van der Waals surface area contributed by atoms with Gasteiger partial charge in [-0.3, -0.25) is 9.59 Å². The number of aliphatic hydroxyl groups excluding tert-OH is 1. The molecule has 1 aromatic rings. The van der Waals surface area contributed by atoms with Crippen molar-refractivity contribution in [3.05, 3.63) is 35.4 Å². The van der Waals surface area contributed by atoms with E-state index in [2.05, 4.69) is 10.6 Å². The van der Waals surface area contributed by atoms with Crippen LogP contribution in [0.15, 0.2) is 24.3 Å². The molecule has 5 heteroatoms. The molecule has 0 fully saturated rings.